The van der Waals surface area contributed by atoms with Gasteiger partial charge in [0.25, 0.3) is 0 Å². The second kappa shape index (κ2) is 9.41. The molecule has 0 saturated heterocycles. The Bertz CT molecular complexity index is 811. The van der Waals surface area contributed by atoms with Crippen LogP contribution in [0.5, 0.6) is 0 Å². The lowest BCUT2D eigenvalue weighted by Crippen LogP contribution is -2.29. The summed E-state index contributed by atoms with van der Waals surface area (Å²) in [5.74, 6) is 0.633. The van der Waals surface area contributed by atoms with Gasteiger partial charge < -0.3 is 16.4 Å². The van der Waals surface area contributed by atoms with Gasteiger partial charge in [-0.05, 0) is 49.7 Å². The maximum atomic E-state index is 13.7. The quantitative estimate of drug-likeness (QED) is 0.469. The van der Waals surface area contributed by atoms with E-state index >= 15 is 0 Å². The van der Waals surface area contributed by atoms with Crippen molar-refractivity contribution in [3.05, 3.63) is 52.0 Å². The van der Waals surface area contributed by atoms with E-state index in [0.717, 1.165) is 25.7 Å². The van der Waals surface area contributed by atoms with E-state index in [2.05, 4.69) is 20.6 Å². The molecule has 0 bridgehead atoms. The lowest BCUT2D eigenvalue weighted by molar-refractivity contribution is -0.384. The molecule has 0 aliphatic heterocycles. The van der Waals surface area contributed by atoms with Crippen molar-refractivity contribution in [3.8, 4) is 0 Å². The molecule has 1 heterocycles. The highest BCUT2D eigenvalue weighted by atomic mass is 19.1. The Kier molecular flexibility index (Phi) is 6.70. The zero-order valence-electron chi connectivity index (χ0n) is 15.6. The number of anilines is 2. The summed E-state index contributed by atoms with van der Waals surface area (Å²) in [5, 5.41) is 17.4. The SMILES string of the molecule is NC1CCC(CNc2nc(NCCc3ccccc3F)ncc2[N+](=O)[O-])CC1. The summed E-state index contributed by atoms with van der Waals surface area (Å²) < 4.78 is 13.7. The van der Waals surface area contributed by atoms with Crippen molar-refractivity contribution in [1.29, 1.82) is 0 Å². The second-order valence-corrected chi connectivity index (χ2v) is 7.11. The third kappa shape index (κ3) is 5.35. The van der Waals surface area contributed by atoms with Crippen LogP contribution in [-0.4, -0.2) is 34.0 Å². The van der Waals surface area contributed by atoms with Crippen molar-refractivity contribution in [2.75, 3.05) is 23.7 Å². The normalized spacial score (nSPS) is 19.2. The van der Waals surface area contributed by atoms with E-state index in [-0.39, 0.29) is 29.3 Å². The molecular weight excluding hydrogens is 363 g/mol. The maximum Gasteiger partial charge on any atom is 0.329 e. The van der Waals surface area contributed by atoms with Gasteiger partial charge in [0.05, 0.1) is 4.92 Å². The summed E-state index contributed by atoms with van der Waals surface area (Å²) >= 11 is 0. The van der Waals surface area contributed by atoms with Crippen LogP contribution in [0.4, 0.5) is 21.8 Å². The third-order valence-corrected chi connectivity index (χ3v) is 5.05. The largest absolute Gasteiger partial charge is 0.364 e. The van der Waals surface area contributed by atoms with Gasteiger partial charge in [-0.25, -0.2) is 9.37 Å². The number of nitrogens with two attached hydrogens (primary N) is 1. The molecule has 0 radical (unpaired) electrons. The van der Waals surface area contributed by atoms with Crippen LogP contribution in [0.2, 0.25) is 0 Å². The minimum Gasteiger partial charge on any atom is -0.364 e. The van der Waals surface area contributed by atoms with Crippen molar-refractivity contribution in [2.45, 2.75) is 38.1 Å². The number of nitro groups is 1. The van der Waals surface area contributed by atoms with Crippen LogP contribution in [0.1, 0.15) is 31.2 Å². The fraction of sp³-hybridized carbons (Fsp3) is 0.474. The van der Waals surface area contributed by atoms with Crippen LogP contribution < -0.4 is 16.4 Å². The minimum absolute atomic E-state index is 0.160. The van der Waals surface area contributed by atoms with Gasteiger partial charge in [-0.1, -0.05) is 18.2 Å². The molecule has 150 valence electrons. The number of nitrogens with zero attached hydrogens (tertiary/aromatic N) is 3. The molecule has 4 N–H and O–H groups in total. The van der Waals surface area contributed by atoms with Gasteiger partial charge in [0, 0.05) is 19.1 Å². The van der Waals surface area contributed by atoms with Crippen molar-refractivity contribution in [2.24, 2.45) is 11.7 Å². The van der Waals surface area contributed by atoms with E-state index in [9.17, 15) is 14.5 Å². The van der Waals surface area contributed by atoms with E-state index < -0.39 is 4.92 Å². The maximum absolute atomic E-state index is 13.7. The van der Waals surface area contributed by atoms with Crippen LogP contribution in [0.15, 0.2) is 30.5 Å². The zero-order chi connectivity index (χ0) is 19.9. The Labute approximate surface area is 162 Å². The number of nitrogens with one attached hydrogen (secondary N) is 2. The Hall–Kier alpha value is -2.81. The minimum atomic E-state index is -0.498. The molecule has 1 aliphatic carbocycles. The first kappa shape index (κ1) is 19.9. The summed E-state index contributed by atoms with van der Waals surface area (Å²) in [6, 6.07) is 6.81. The first-order valence-corrected chi connectivity index (χ1v) is 9.51. The number of hydrogen-bond acceptors (Lipinski definition) is 7. The average Bonchev–Trinajstić information content (AvgIpc) is 2.69. The van der Waals surface area contributed by atoms with Crippen LogP contribution in [0.25, 0.3) is 0 Å². The van der Waals surface area contributed by atoms with Gasteiger partial charge >= 0.3 is 5.69 Å². The molecule has 0 unspecified atom stereocenters. The summed E-state index contributed by atoms with van der Waals surface area (Å²) in [6.07, 6.45) is 5.60. The topological polar surface area (TPSA) is 119 Å². The van der Waals surface area contributed by atoms with E-state index in [4.69, 9.17) is 5.73 Å². The Morgan fingerprint density at radius 2 is 1.96 bits per heavy atom. The highest BCUT2D eigenvalue weighted by molar-refractivity contribution is 5.57. The molecule has 0 amide bonds. The van der Waals surface area contributed by atoms with Gasteiger partial charge in [-0.3, -0.25) is 10.1 Å². The van der Waals surface area contributed by atoms with Crippen LogP contribution in [0, 0.1) is 21.8 Å². The van der Waals surface area contributed by atoms with Crippen LogP contribution >= 0.6 is 0 Å². The first-order chi connectivity index (χ1) is 13.5. The molecule has 0 atom stereocenters. The molecular formula is C19H25FN6O2. The van der Waals surface area contributed by atoms with Crippen LogP contribution in [0.3, 0.4) is 0 Å². The zero-order valence-corrected chi connectivity index (χ0v) is 15.6. The van der Waals surface area contributed by atoms with E-state index in [1.54, 1.807) is 18.2 Å². The molecule has 1 aliphatic rings. The van der Waals surface area contributed by atoms with Gasteiger partial charge in [-0.15, -0.1) is 0 Å². The standard InChI is InChI=1S/C19H25FN6O2/c20-16-4-2-1-3-14(16)9-10-22-19-24-12-17(26(27)28)18(25-19)23-11-13-5-7-15(21)8-6-13/h1-4,12-13,15H,5-11,21H2,(H2,22,23,24,25). The number of rotatable bonds is 8. The van der Waals surface area contributed by atoms with Crippen molar-refractivity contribution in [1.82, 2.24) is 9.97 Å². The molecule has 2 aromatic rings. The fourth-order valence-electron chi connectivity index (χ4n) is 3.37. The summed E-state index contributed by atoms with van der Waals surface area (Å²) in [7, 11) is 0. The van der Waals surface area contributed by atoms with Crippen molar-refractivity contribution in [3.63, 3.8) is 0 Å². The molecule has 1 saturated carbocycles. The van der Waals surface area contributed by atoms with Gasteiger partial charge in [-0.2, -0.15) is 4.98 Å². The van der Waals surface area contributed by atoms with Crippen LogP contribution in [-0.2, 0) is 6.42 Å². The Morgan fingerprint density at radius 3 is 2.68 bits per heavy atom. The van der Waals surface area contributed by atoms with Gasteiger partial charge in [0.2, 0.25) is 11.8 Å². The first-order valence-electron chi connectivity index (χ1n) is 9.51. The fourth-order valence-corrected chi connectivity index (χ4v) is 3.37. The van der Waals surface area contributed by atoms with Gasteiger partial charge in [0.1, 0.15) is 12.0 Å². The monoisotopic (exact) mass is 388 g/mol. The molecule has 9 heteroatoms. The highest BCUT2D eigenvalue weighted by Gasteiger charge is 2.21. The number of benzene rings is 1. The molecule has 1 fully saturated rings. The molecule has 28 heavy (non-hydrogen) atoms. The average molecular weight is 388 g/mol. The third-order valence-electron chi connectivity index (χ3n) is 5.05. The highest BCUT2D eigenvalue weighted by Crippen LogP contribution is 2.26. The molecule has 1 aromatic carbocycles. The van der Waals surface area contributed by atoms with Gasteiger partial charge in [0.15, 0.2) is 0 Å². The Balaban J connectivity index is 1.60. The summed E-state index contributed by atoms with van der Waals surface area (Å²) in [6.45, 7) is 1.03. The van der Waals surface area contributed by atoms with Crippen molar-refractivity contribution < 1.29 is 9.31 Å². The predicted molar refractivity (Wildman–Crippen MR) is 106 cm³/mol. The van der Waals surface area contributed by atoms with Crippen molar-refractivity contribution >= 4 is 17.5 Å². The predicted octanol–water partition coefficient (Wildman–Crippen LogP) is 3.11. The summed E-state index contributed by atoms with van der Waals surface area (Å²) in [4.78, 5) is 19.0. The molecule has 1 aromatic heterocycles. The molecule has 3 rings (SSSR count). The lowest BCUT2D eigenvalue weighted by Gasteiger charge is -2.26. The Morgan fingerprint density at radius 1 is 1.21 bits per heavy atom. The smallest absolute Gasteiger partial charge is 0.329 e. The van der Waals surface area contributed by atoms with E-state index in [1.165, 1.54) is 12.3 Å². The lowest BCUT2D eigenvalue weighted by atomic mass is 9.86. The van der Waals surface area contributed by atoms with E-state index in [1.807, 2.05) is 0 Å². The number of halogens is 1. The summed E-state index contributed by atoms with van der Waals surface area (Å²) in [5.41, 5.74) is 6.35. The second-order valence-electron chi connectivity index (χ2n) is 7.11. The molecule has 0 spiro atoms. The molecule has 8 nitrogen and oxygen atoms in total. The number of hydrogen-bond donors (Lipinski definition) is 3. The number of aromatic nitrogens is 2. The van der Waals surface area contributed by atoms with E-state index in [0.29, 0.717) is 31.0 Å².